The van der Waals surface area contributed by atoms with Gasteiger partial charge in [0.2, 0.25) is 5.89 Å². The van der Waals surface area contributed by atoms with Crippen LogP contribution >= 0.6 is 0 Å². The average Bonchev–Trinajstić information content (AvgIpc) is 3.11. The lowest BCUT2D eigenvalue weighted by atomic mass is 10.1. The molecule has 2 heterocycles. The molecule has 6 heteroatoms. The standard InChI is InChI=1S/C19H14N2O4/c1-11-8-13-9-14(19(22)24-16(13)10-15(11)23-2)18-21-20-17(25-18)12-6-4-3-5-7-12/h3-10H,1-2H3. The third kappa shape index (κ3) is 2.67. The van der Waals surface area contributed by atoms with Crippen molar-refractivity contribution in [1.82, 2.24) is 10.2 Å². The predicted molar refractivity (Wildman–Crippen MR) is 92.5 cm³/mol. The first-order valence-electron chi connectivity index (χ1n) is 7.67. The van der Waals surface area contributed by atoms with Crippen molar-refractivity contribution >= 4 is 11.0 Å². The first-order valence-corrected chi connectivity index (χ1v) is 7.67. The van der Waals surface area contributed by atoms with Crippen LogP contribution in [0.15, 0.2) is 62.2 Å². The molecule has 4 rings (SSSR count). The summed E-state index contributed by atoms with van der Waals surface area (Å²) in [6, 6.07) is 14.6. The van der Waals surface area contributed by atoms with Crippen LogP contribution in [-0.4, -0.2) is 17.3 Å². The van der Waals surface area contributed by atoms with Crippen molar-refractivity contribution in [2.45, 2.75) is 6.92 Å². The van der Waals surface area contributed by atoms with Crippen molar-refractivity contribution in [2.75, 3.05) is 7.11 Å². The van der Waals surface area contributed by atoms with E-state index < -0.39 is 5.63 Å². The monoisotopic (exact) mass is 334 g/mol. The van der Waals surface area contributed by atoms with E-state index in [1.54, 1.807) is 19.2 Å². The van der Waals surface area contributed by atoms with Gasteiger partial charge in [0.15, 0.2) is 0 Å². The van der Waals surface area contributed by atoms with E-state index >= 15 is 0 Å². The van der Waals surface area contributed by atoms with Crippen LogP contribution in [0.25, 0.3) is 33.9 Å². The van der Waals surface area contributed by atoms with E-state index in [0.29, 0.717) is 17.2 Å². The third-order valence-electron chi connectivity index (χ3n) is 3.93. The molecule has 0 amide bonds. The zero-order chi connectivity index (χ0) is 17.4. The van der Waals surface area contributed by atoms with Gasteiger partial charge in [0.25, 0.3) is 5.89 Å². The van der Waals surface area contributed by atoms with Crippen molar-refractivity contribution in [1.29, 1.82) is 0 Å². The Bertz CT molecular complexity index is 1110. The van der Waals surface area contributed by atoms with Gasteiger partial charge in [-0.1, -0.05) is 18.2 Å². The van der Waals surface area contributed by atoms with E-state index in [4.69, 9.17) is 13.6 Å². The summed E-state index contributed by atoms with van der Waals surface area (Å²) in [4.78, 5) is 12.3. The maximum Gasteiger partial charge on any atom is 0.349 e. The normalized spacial score (nSPS) is 11.0. The van der Waals surface area contributed by atoms with Gasteiger partial charge in [-0.15, -0.1) is 10.2 Å². The minimum Gasteiger partial charge on any atom is -0.496 e. The Morgan fingerprint density at radius 1 is 0.960 bits per heavy atom. The Hall–Kier alpha value is -3.41. The van der Waals surface area contributed by atoms with Crippen molar-refractivity contribution in [2.24, 2.45) is 0 Å². The number of rotatable bonds is 3. The molecule has 2 aromatic heterocycles. The van der Waals surface area contributed by atoms with Crippen LogP contribution in [0.2, 0.25) is 0 Å². The second-order valence-corrected chi connectivity index (χ2v) is 5.59. The molecule has 0 atom stereocenters. The van der Waals surface area contributed by atoms with Gasteiger partial charge in [0.05, 0.1) is 7.11 Å². The van der Waals surface area contributed by atoms with Crippen LogP contribution in [0.3, 0.4) is 0 Å². The molecule has 0 aliphatic rings. The first kappa shape index (κ1) is 15.1. The van der Waals surface area contributed by atoms with Gasteiger partial charge in [-0.05, 0) is 36.8 Å². The SMILES string of the molecule is COc1cc2oc(=O)c(-c3nnc(-c4ccccc4)o3)cc2cc1C. The van der Waals surface area contributed by atoms with Crippen molar-refractivity contribution in [3.8, 4) is 28.7 Å². The molecular formula is C19H14N2O4. The number of methoxy groups -OCH3 is 1. The lowest BCUT2D eigenvalue weighted by Gasteiger charge is -2.06. The Morgan fingerprint density at radius 2 is 1.72 bits per heavy atom. The van der Waals surface area contributed by atoms with Crippen LogP contribution in [0, 0.1) is 6.92 Å². The molecule has 0 N–H and O–H groups in total. The molecule has 25 heavy (non-hydrogen) atoms. The fourth-order valence-corrected chi connectivity index (χ4v) is 2.66. The van der Waals surface area contributed by atoms with Crippen LogP contribution in [-0.2, 0) is 0 Å². The number of hydrogen-bond donors (Lipinski definition) is 0. The molecule has 124 valence electrons. The summed E-state index contributed by atoms with van der Waals surface area (Å²) in [7, 11) is 1.57. The summed E-state index contributed by atoms with van der Waals surface area (Å²) in [5, 5.41) is 8.75. The molecule has 0 fully saturated rings. The minimum atomic E-state index is -0.540. The summed E-state index contributed by atoms with van der Waals surface area (Å²) in [5.41, 5.74) is 1.85. The van der Waals surface area contributed by atoms with Gasteiger partial charge in [-0.25, -0.2) is 4.79 Å². The van der Waals surface area contributed by atoms with E-state index in [9.17, 15) is 4.79 Å². The largest absolute Gasteiger partial charge is 0.496 e. The van der Waals surface area contributed by atoms with Crippen molar-refractivity contribution in [3.05, 3.63) is 64.5 Å². The van der Waals surface area contributed by atoms with Crippen LogP contribution in [0.1, 0.15) is 5.56 Å². The van der Waals surface area contributed by atoms with E-state index in [1.165, 1.54) is 0 Å². The molecular weight excluding hydrogens is 320 g/mol. The molecule has 2 aromatic carbocycles. The second-order valence-electron chi connectivity index (χ2n) is 5.59. The molecule has 0 aliphatic heterocycles. The molecule has 0 saturated carbocycles. The molecule has 0 bridgehead atoms. The first-order chi connectivity index (χ1) is 12.2. The highest BCUT2D eigenvalue weighted by Crippen LogP contribution is 2.28. The number of aryl methyl sites for hydroxylation is 1. The Balaban J connectivity index is 1.83. The molecule has 0 radical (unpaired) electrons. The second kappa shape index (κ2) is 5.90. The molecule has 0 aliphatic carbocycles. The number of nitrogens with zero attached hydrogens (tertiary/aromatic N) is 2. The predicted octanol–water partition coefficient (Wildman–Crippen LogP) is 3.83. The summed E-state index contributed by atoms with van der Waals surface area (Å²) in [6.07, 6.45) is 0. The maximum absolute atomic E-state index is 12.3. The van der Waals surface area contributed by atoms with Crippen LogP contribution in [0.4, 0.5) is 0 Å². The molecule has 0 saturated heterocycles. The van der Waals surface area contributed by atoms with Gasteiger partial charge in [0, 0.05) is 17.0 Å². The van der Waals surface area contributed by atoms with Gasteiger partial charge in [0.1, 0.15) is 16.9 Å². The number of hydrogen-bond acceptors (Lipinski definition) is 6. The molecule has 4 aromatic rings. The minimum absolute atomic E-state index is 0.128. The highest BCUT2D eigenvalue weighted by Gasteiger charge is 2.16. The summed E-state index contributed by atoms with van der Waals surface area (Å²) >= 11 is 0. The van der Waals surface area contributed by atoms with Crippen LogP contribution < -0.4 is 10.4 Å². The summed E-state index contributed by atoms with van der Waals surface area (Å²) in [6.45, 7) is 1.92. The zero-order valence-corrected chi connectivity index (χ0v) is 13.6. The lowest BCUT2D eigenvalue weighted by molar-refractivity contribution is 0.411. The number of ether oxygens (including phenoxy) is 1. The number of aromatic nitrogens is 2. The van der Waals surface area contributed by atoms with Gasteiger partial charge >= 0.3 is 5.63 Å². The van der Waals surface area contributed by atoms with Gasteiger partial charge in [-0.2, -0.15) is 0 Å². The Kier molecular flexibility index (Phi) is 3.57. The Morgan fingerprint density at radius 3 is 2.48 bits per heavy atom. The van der Waals surface area contributed by atoms with Gasteiger partial charge < -0.3 is 13.6 Å². The quantitative estimate of drug-likeness (QED) is 0.530. The number of fused-ring (bicyclic) bond motifs is 1. The van der Waals surface area contributed by atoms with E-state index in [1.807, 2.05) is 43.3 Å². The summed E-state index contributed by atoms with van der Waals surface area (Å²) in [5.74, 6) is 1.14. The topological polar surface area (TPSA) is 78.4 Å². The van der Waals surface area contributed by atoms with Crippen LogP contribution in [0.5, 0.6) is 5.75 Å². The summed E-state index contributed by atoms with van der Waals surface area (Å²) < 4.78 is 16.3. The van der Waals surface area contributed by atoms with Gasteiger partial charge in [-0.3, -0.25) is 0 Å². The highest BCUT2D eigenvalue weighted by atomic mass is 16.5. The highest BCUT2D eigenvalue weighted by molar-refractivity contribution is 5.82. The van der Waals surface area contributed by atoms with E-state index in [0.717, 1.165) is 16.5 Å². The fourth-order valence-electron chi connectivity index (χ4n) is 2.66. The average molecular weight is 334 g/mol. The van der Waals surface area contributed by atoms with E-state index in [-0.39, 0.29) is 11.5 Å². The van der Waals surface area contributed by atoms with E-state index in [2.05, 4.69) is 10.2 Å². The van der Waals surface area contributed by atoms with Crippen molar-refractivity contribution in [3.63, 3.8) is 0 Å². The smallest absolute Gasteiger partial charge is 0.349 e. The van der Waals surface area contributed by atoms with Crippen molar-refractivity contribution < 1.29 is 13.6 Å². The third-order valence-corrected chi connectivity index (χ3v) is 3.93. The Labute approximate surface area is 142 Å². The lowest BCUT2D eigenvalue weighted by Crippen LogP contribution is -2.03. The molecule has 0 unspecified atom stereocenters. The zero-order valence-electron chi connectivity index (χ0n) is 13.6. The fraction of sp³-hybridized carbons (Fsp3) is 0.105. The molecule has 6 nitrogen and oxygen atoms in total. The number of benzene rings is 2. The maximum atomic E-state index is 12.3. The molecule has 0 spiro atoms.